The van der Waals surface area contributed by atoms with E-state index in [1.165, 1.54) is 0 Å². The van der Waals surface area contributed by atoms with Crippen molar-refractivity contribution in [1.29, 1.82) is 0 Å². The number of benzene rings is 2. The number of amides is 1. The Balaban J connectivity index is 1.30. The van der Waals surface area contributed by atoms with Crippen LogP contribution in [0.3, 0.4) is 0 Å². The van der Waals surface area contributed by atoms with Crippen LogP contribution in [0.5, 0.6) is 11.5 Å². The molecule has 0 aliphatic carbocycles. The van der Waals surface area contributed by atoms with Crippen molar-refractivity contribution >= 4 is 5.91 Å². The first-order valence-electron chi connectivity index (χ1n) is 8.92. The number of para-hydroxylation sites is 1. The highest BCUT2D eigenvalue weighted by Gasteiger charge is 2.28. The van der Waals surface area contributed by atoms with Gasteiger partial charge in [-0.25, -0.2) is 0 Å². The van der Waals surface area contributed by atoms with E-state index in [1.807, 2.05) is 66.7 Å². The molecule has 27 heavy (non-hydrogen) atoms. The third-order valence-corrected chi connectivity index (χ3v) is 4.42. The molecule has 0 bridgehead atoms. The summed E-state index contributed by atoms with van der Waals surface area (Å²) >= 11 is 0. The van der Waals surface area contributed by atoms with E-state index < -0.39 is 6.10 Å². The lowest BCUT2D eigenvalue weighted by Crippen LogP contribution is -2.37. The van der Waals surface area contributed by atoms with Crippen molar-refractivity contribution in [2.24, 2.45) is 0 Å². The van der Waals surface area contributed by atoms with E-state index in [0.29, 0.717) is 19.6 Å². The fourth-order valence-electron chi connectivity index (χ4n) is 3.02. The summed E-state index contributed by atoms with van der Waals surface area (Å²) in [5.74, 6) is 1.44. The second-order valence-corrected chi connectivity index (χ2v) is 6.39. The van der Waals surface area contributed by atoms with Crippen LogP contribution in [0.1, 0.15) is 16.8 Å². The maximum Gasteiger partial charge on any atom is 0.261 e. The standard InChI is InChI=1S/C22H20N2O3/c25-22(21-13-17-7-1-2-10-20(17)27-21)24-14-16-6-5-9-19(12-16)26-15-18-8-3-4-11-23-18/h1-12,21H,13-15H2,(H,24,25). The van der Waals surface area contributed by atoms with Crippen LogP contribution >= 0.6 is 0 Å². The number of ether oxygens (including phenoxy) is 2. The first-order valence-corrected chi connectivity index (χ1v) is 8.92. The number of fused-ring (bicyclic) bond motifs is 1. The first kappa shape index (κ1) is 17.1. The Labute approximate surface area is 158 Å². The van der Waals surface area contributed by atoms with Gasteiger partial charge in [0, 0.05) is 19.2 Å². The third kappa shape index (κ3) is 4.26. The van der Waals surface area contributed by atoms with Crippen molar-refractivity contribution < 1.29 is 14.3 Å². The molecule has 0 spiro atoms. The summed E-state index contributed by atoms with van der Waals surface area (Å²) in [6.45, 7) is 0.834. The van der Waals surface area contributed by atoms with E-state index in [2.05, 4.69) is 10.3 Å². The molecule has 1 N–H and O–H groups in total. The van der Waals surface area contributed by atoms with Crippen LogP contribution in [0, 0.1) is 0 Å². The minimum Gasteiger partial charge on any atom is -0.487 e. The molecule has 0 saturated carbocycles. The van der Waals surface area contributed by atoms with Gasteiger partial charge in [0.1, 0.15) is 18.1 Å². The maximum absolute atomic E-state index is 12.4. The molecule has 2 aromatic carbocycles. The average Bonchev–Trinajstić information content (AvgIpc) is 3.16. The second kappa shape index (κ2) is 7.91. The Bertz CT molecular complexity index is 903. The van der Waals surface area contributed by atoms with E-state index in [4.69, 9.17) is 9.47 Å². The summed E-state index contributed by atoms with van der Waals surface area (Å²) < 4.78 is 11.5. The molecule has 4 rings (SSSR count). The predicted octanol–water partition coefficient (Wildman–Crippen LogP) is 3.28. The van der Waals surface area contributed by atoms with Crippen LogP contribution in [0.15, 0.2) is 72.9 Å². The van der Waals surface area contributed by atoms with Gasteiger partial charge in [0.2, 0.25) is 0 Å². The molecule has 2 heterocycles. The molecule has 1 amide bonds. The van der Waals surface area contributed by atoms with E-state index in [-0.39, 0.29) is 5.91 Å². The van der Waals surface area contributed by atoms with Gasteiger partial charge in [0.15, 0.2) is 6.10 Å². The second-order valence-electron chi connectivity index (χ2n) is 6.39. The van der Waals surface area contributed by atoms with Crippen molar-refractivity contribution in [2.75, 3.05) is 0 Å². The van der Waals surface area contributed by atoms with Crippen LogP contribution in [-0.2, 0) is 24.4 Å². The number of aromatic nitrogens is 1. The number of rotatable bonds is 6. The molecule has 5 nitrogen and oxygen atoms in total. The number of pyridine rings is 1. The zero-order chi connectivity index (χ0) is 18.5. The van der Waals surface area contributed by atoms with Gasteiger partial charge in [-0.2, -0.15) is 0 Å². The van der Waals surface area contributed by atoms with Gasteiger partial charge in [-0.05, 0) is 41.5 Å². The molecular formula is C22H20N2O3. The average molecular weight is 360 g/mol. The Morgan fingerprint density at radius 1 is 1.11 bits per heavy atom. The summed E-state index contributed by atoms with van der Waals surface area (Å²) in [4.78, 5) is 16.6. The predicted molar refractivity (Wildman–Crippen MR) is 101 cm³/mol. The van der Waals surface area contributed by atoms with Crippen LogP contribution in [-0.4, -0.2) is 17.0 Å². The molecule has 0 radical (unpaired) electrons. The van der Waals surface area contributed by atoms with E-state index in [1.54, 1.807) is 6.20 Å². The van der Waals surface area contributed by atoms with Gasteiger partial charge in [-0.15, -0.1) is 0 Å². The number of hydrogen-bond acceptors (Lipinski definition) is 4. The van der Waals surface area contributed by atoms with Crippen molar-refractivity contribution in [3.63, 3.8) is 0 Å². The van der Waals surface area contributed by atoms with Crippen LogP contribution in [0.4, 0.5) is 0 Å². The third-order valence-electron chi connectivity index (χ3n) is 4.42. The SMILES string of the molecule is O=C(NCc1cccc(OCc2ccccn2)c1)C1Cc2ccccc2O1. The Morgan fingerprint density at radius 3 is 2.85 bits per heavy atom. The van der Waals surface area contributed by atoms with Gasteiger partial charge in [0.25, 0.3) is 5.91 Å². The van der Waals surface area contributed by atoms with E-state index in [0.717, 1.165) is 28.3 Å². The summed E-state index contributed by atoms with van der Waals surface area (Å²) in [5, 5.41) is 2.94. The molecule has 136 valence electrons. The molecule has 1 atom stereocenters. The minimum absolute atomic E-state index is 0.106. The van der Waals surface area contributed by atoms with E-state index in [9.17, 15) is 4.79 Å². The maximum atomic E-state index is 12.4. The Morgan fingerprint density at radius 2 is 2.00 bits per heavy atom. The van der Waals surface area contributed by atoms with Crippen molar-refractivity contribution in [3.05, 3.63) is 89.7 Å². The monoisotopic (exact) mass is 360 g/mol. The lowest BCUT2D eigenvalue weighted by molar-refractivity contribution is -0.127. The fourth-order valence-corrected chi connectivity index (χ4v) is 3.02. The first-order chi connectivity index (χ1) is 13.3. The van der Waals surface area contributed by atoms with Gasteiger partial charge in [-0.3, -0.25) is 9.78 Å². The van der Waals surface area contributed by atoms with Crippen LogP contribution in [0.2, 0.25) is 0 Å². The molecule has 1 aliphatic rings. The van der Waals surface area contributed by atoms with Crippen molar-refractivity contribution in [1.82, 2.24) is 10.3 Å². The molecule has 3 aromatic rings. The summed E-state index contributed by atoms with van der Waals surface area (Å²) in [6.07, 6.45) is 1.88. The highest BCUT2D eigenvalue weighted by Crippen LogP contribution is 2.28. The van der Waals surface area contributed by atoms with Gasteiger partial charge in [-0.1, -0.05) is 36.4 Å². The summed E-state index contributed by atoms with van der Waals surface area (Å²) in [7, 11) is 0. The Hall–Kier alpha value is -3.34. The van der Waals surface area contributed by atoms with Crippen LogP contribution < -0.4 is 14.8 Å². The number of nitrogens with one attached hydrogen (secondary N) is 1. The lowest BCUT2D eigenvalue weighted by atomic mass is 10.1. The number of carbonyl (C=O) groups is 1. The fraction of sp³-hybridized carbons (Fsp3) is 0.182. The minimum atomic E-state index is -0.467. The molecule has 1 unspecified atom stereocenters. The number of carbonyl (C=O) groups excluding carboxylic acids is 1. The Kier molecular flexibility index (Phi) is 5.01. The highest BCUT2D eigenvalue weighted by molar-refractivity contribution is 5.82. The zero-order valence-corrected chi connectivity index (χ0v) is 14.8. The summed E-state index contributed by atoms with van der Waals surface area (Å²) in [6, 6.07) is 21.2. The van der Waals surface area contributed by atoms with Gasteiger partial charge >= 0.3 is 0 Å². The topological polar surface area (TPSA) is 60.5 Å². The van der Waals surface area contributed by atoms with Crippen molar-refractivity contribution in [2.45, 2.75) is 25.7 Å². The number of nitrogens with zero attached hydrogens (tertiary/aromatic N) is 1. The van der Waals surface area contributed by atoms with E-state index >= 15 is 0 Å². The van der Waals surface area contributed by atoms with Gasteiger partial charge < -0.3 is 14.8 Å². The molecule has 0 fully saturated rings. The quantitative estimate of drug-likeness (QED) is 0.733. The molecule has 5 heteroatoms. The van der Waals surface area contributed by atoms with Crippen LogP contribution in [0.25, 0.3) is 0 Å². The number of hydrogen-bond donors (Lipinski definition) is 1. The normalized spacial score (nSPS) is 14.9. The molecular weight excluding hydrogens is 340 g/mol. The molecule has 1 aromatic heterocycles. The smallest absolute Gasteiger partial charge is 0.261 e. The largest absolute Gasteiger partial charge is 0.487 e. The van der Waals surface area contributed by atoms with Gasteiger partial charge in [0.05, 0.1) is 5.69 Å². The lowest BCUT2D eigenvalue weighted by Gasteiger charge is -2.12. The summed E-state index contributed by atoms with van der Waals surface area (Å²) in [5.41, 5.74) is 2.91. The zero-order valence-electron chi connectivity index (χ0n) is 14.8. The molecule has 0 saturated heterocycles. The molecule has 1 aliphatic heterocycles. The highest BCUT2D eigenvalue weighted by atomic mass is 16.5. The van der Waals surface area contributed by atoms with Crippen molar-refractivity contribution in [3.8, 4) is 11.5 Å².